The Morgan fingerprint density at radius 2 is 1.94 bits per heavy atom. The standard InChI is InChI=1S/C14H29NO2/c1-13(2,17-4)8-9-14(3,16)11-12-7-5-6-10-15-12/h12,15-16H,5-11H2,1-4H3. The topological polar surface area (TPSA) is 41.5 Å². The lowest BCUT2D eigenvalue weighted by Crippen LogP contribution is -2.41. The molecule has 2 atom stereocenters. The lowest BCUT2D eigenvalue weighted by molar-refractivity contribution is -0.0263. The Morgan fingerprint density at radius 1 is 1.24 bits per heavy atom. The molecule has 0 amide bonds. The number of piperidine rings is 1. The van der Waals surface area contributed by atoms with Crippen LogP contribution in [0.1, 0.15) is 59.3 Å². The predicted molar refractivity (Wildman–Crippen MR) is 71.2 cm³/mol. The van der Waals surface area contributed by atoms with Gasteiger partial charge in [-0.3, -0.25) is 0 Å². The molecule has 1 aliphatic heterocycles. The monoisotopic (exact) mass is 243 g/mol. The lowest BCUT2D eigenvalue weighted by atomic mass is 9.85. The number of hydrogen-bond acceptors (Lipinski definition) is 3. The van der Waals surface area contributed by atoms with Crippen molar-refractivity contribution in [2.24, 2.45) is 0 Å². The van der Waals surface area contributed by atoms with Crippen LogP contribution < -0.4 is 5.32 Å². The Hall–Kier alpha value is -0.120. The molecule has 1 rings (SSSR count). The summed E-state index contributed by atoms with van der Waals surface area (Å²) in [6.07, 6.45) is 6.30. The van der Waals surface area contributed by atoms with Crippen molar-refractivity contribution in [1.29, 1.82) is 0 Å². The lowest BCUT2D eigenvalue weighted by Gasteiger charge is -2.34. The Bertz CT molecular complexity index is 220. The van der Waals surface area contributed by atoms with Crippen molar-refractivity contribution in [3.8, 4) is 0 Å². The number of hydrogen-bond donors (Lipinski definition) is 2. The second-order valence-electron chi connectivity index (χ2n) is 6.31. The molecule has 0 aromatic rings. The van der Waals surface area contributed by atoms with Crippen LogP contribution in [0.3, 0.4) is 0 Å². The van der Waals surface area contributed by atoms with Gasteiger partial charge in [0.25, 0.3) is 0 Å². The summed E-state index contributed by atoms with van der Waals surface area (Å²) in [6.45, 7) is 7.20. The van der Waals surface area contributed by atoms with Gasteiger partial charge in [-0.2, -0.15) is 0 Å². The molecular weight excluding hydrogens is 214 g/mol. The van der Waals surface area contributed by atoms with E-state index >= 15 is 0 Å². The van der Waals surface area contributed by atoms with Gasteiger partial charge in [0.1, 0.15) is 0 Å². The van der Waals surface area contributed by atoms with Crippen molar-refractivity contribution in [2.45, 2.75) is 76.5 Å². The highest BCUT2D eigenvalue weighted by atomic mass is 16.5. The molecule has 0 bridgehead atoms. The summed E-state index contributed by atoms with van der Waals surface area (Å²) >= 11 is 0. The summed E-state index contributed by atoms with van der Waals surface area (Å²) < 4.78 is 5.40. The van der Waals surface area contributed by atoms with Crippen molar-refractivity contribution >= 4 is 0 Å². The molecule has 2 N–H and O–H groups in total. The molecule has 3 heteroatoms. The van der Waals surface area contributed by atoms with Crippen LogP contribution in [0.25, 0.3) is 0 Å². The van der Waals surface area contributed by atoms with Gasteiger partial charge in [-0.25, -0.2) is 0 Å². The van der Waals surface area contributed by atoms with Gasteiger partial charge in [0.05, 0.1) is 11.2 Å². The summed E-state index contributed by atoms with van der Waals surface area (Å²) in [5.41, 5.74) is -0.714. The smallest absolute Gasteiger partial charge is 0.0635 e. The summed E-state index contributed by atoms with van der Waals surface area (Å²) in [4.78, 5) is 0. The first-order valence-corrected chi connectivity index (χ1v) is 6.86. The maximum Gasteiger partial charge on any atom is 0.0635 e. The average molecular weight is 243 g/mol. The molecular formula is C14H29NO2. The largest absolute Gasteiger partial charge is 0.390 e. The van der Waals surface area contributed by atoms with E-state index in [1.165, 1.54) is 19.3 Å². The molecule has 1 fully saturated rings. The number of rotatable bonds is 6. The third kappa shape index (κ3) is 5.84. The number of methoxy groups -OCH3 is 1. The normalized spacial score (nSPS) is 25.6. The second kappa shape index (κ2) is 6.17. The van der Waals surface area contributed by atoms with Crippen molar-refractivity contribution < 1.29 is 9.84 Å². The van der Waals surface area contributed by atoms with E-state index in [2.05, 4.69) is 19.2 Å². The number of nitrogens with one attached hydrogen (secondary N) is 1. The maximum atomic E-state index is 10.4. The van der Waals surface area contributed by atoms with E-state index < -0.39 is 5.60 Å². The fourth-order valence-corrected chi connectivity index (χ4v) is 2.40. The summed E-state index contributed by atoms with van der Waals surface area (Å²) in [7, 11) is 1.73. The van der Waals surface area contributed by atoms with Gasteiger partial charge in [-0.1, -0.05) is 6.42 Å². The van der Waals surface area contributed by atoms with Gasteiger partial charge in [0, 0.05) is 13.2 Å². The third-order valence-corrected chi connectivity index (χ3v) is 3.92. The Kier molecular flexibility index (Phi) is 5.42. The fourth-order valence-electron chi connectivity index (χ4n) is 2.40. The highest BCUT2D eigenvalue weighted by Crippen LogP contribution is 2.26. The van der Waals surface area contributed by atoms with Gasteiger partial charge in [-0.05, 0) is 59.4 Å². The zero-order chi connectivity index (χ0) is 12.9. The van der Waals surface area contributed by atoms with Crippen LogP contribution in [0.5, 0.6) is 0 Å². The maximum absolute atomic E-state index is 10.4. The molecule has 0 spiro atoms. The Balaban J connectivity index is 2.34. The third-order valence-electron chi connectivity index (χ3n) is 3.92. The zero-order valence-corrected chi connectivity index (χ0v) is 11.9. The van der Waals surface area contributed by atoms with Crippen LogP contribution in [-0.4, -0.2) is 36.0 Å². The Labute approximate surface area is 106 Å². The van der Waals surface area contributed by atoms with Gasteiger partial charge in [0.15, 0.2) is 0 Å². The molecule has 0 aromatic heterocycles. The van der Waals surface area contributed by atoms with Gasteiger partial charge in [-0.15, -0.1) is 0 Å². The van der Waals surface area contributed by atoms with Crippen molar-refractivity contribution in [1.82, 2.24) is 5.32 Å². The van der Waals surface area contributed by atoms with Crippen molar-refractivity contribution in [3.63, 3.8) is 0 Å². The van der Waals surface area contributed by atoms with E-state index in [0.717, 1.165) is 25.8 Å². The van der Waals surface area contributed by atoms with Crippen LogP contribution >= 0.6 is 0 Å². The van der Waals surface area contributed by atoms with Crippen LogP contribution in [-0.2, 0) is 4.74 Å². The van der Waals surface area contributed by atoms with E-state index in [4.69, 9.17) is 4.74 Å². The van der Waals surface area contributed by atoms with Gasteiger partial charge >= 0.3 is 0 Å². The molecule has 17 heavy (non-hydrogen) atoms. The first-order chi connectivity index (χ1) is 7.85. The SMILES string of the molecule is COC(C)(C)CCC(C)(O)CC1CCCCN1. The average Bonchev–Trinajstić information content (AvgIpc) is 2.28. The van der Waals surface area contributed by atoms with Gasteiger partial charge in [0.2, 0.25) is 0 Å². The quantitative estimate of drug-likeness (QED) is 0.753. The van der Waals surface area contributed by atoms with Crippen LogP contribution in [0.2, 0.25) is 0 Å². The Morgan fingerprint density at radius 3 is 2.47 bits per heavy atom. The zero-order valence-electron chi connectivity index (χ0n) is 11.9. The second-order valence-corrected chi connectivity index (χ2v) is 6.31. The molecule has 0 aromatic carbocycles. The molecule has 3 nitrogen and oxygen atoms in total. The minimum atomic E-state index is -0.579. The highest BCUT2D eigenvalue weighted by molar-refractivity contribution is 4.84. The highest BCUT2D eigenvalue weighted by Gasteiger charge is 2.29. The predicted octanol–water partition coefficient (Wildman–Crippen LogP) is 2.47. The summed E-state index contributed by atoms with van der Waals surface area (Å²) in [5.74, 6) is 0. The molecule has 0 radical (unpaired) electrons. The number of aliphatic hydroxyl groups is 1. The van der Waals surface area contributed by atoms with Crippen LogP contribution in [0, 0.1) is 0 Å². The van der Waals surface area contributed by atoms with Gasteiger partial charge < -0.3 is 15.2 Å². The first-order valence-electron chi connectivity index (χ1n) is 6.86. The first kappa shape index (κ1) is 14.9. The van der Waals surface area contributed by atoms with Crippen molar-refractivity contribution in [3.05, 3.63) is 0 Å². The molecule has 102 valence electrons. The van der Waals surface area contributed by atoms with Crippen LogP contribution in [0.15, 0.2) is 0 Å². The van der Waals surface area contributed by atoms with E-state index in [9.17, 15) is 5.11 Å². The van der Waals surface area contributed by atoms with E-state index in [-0.39, 0.29) is 5.60 Å². The molecule has 0 aliphatic carbocycles. The number of ether oxygens (including phenoxy) is 1. The molecule has 2 unspecified atom stereocenters. The van der Waals surface area contributed by atoms with Crippen LogP contribution in [0.4, 0.5) is 0 Å². The van der Waals surface area contributed by atoms with Crippen molar-refractivity contribution in [2.75, 3.05) is 13.7 Å². The van der Waals surface area contributed by atoms with E-state index in [0.29, 0.717) is 6.04 Å². The van der Waals surface area contributed by atoms with E-state index in [1.807, 2.05) is 6.92 Å². The molecule has 1 aliphatic rings. The fraction of sp³-hybridized carbons (Fsp3) is 1.00. The minimum Gasteiger partial charge on any atom is -0.390 e. The van der Waals surface area contributed by atoms with E-state index in [1.54, 1.807) is 7.11 Å². The summed E-state index contributed by atoms with van der Waals surface area (Å²) in [6, 6.07) is 0.490. The molecule has 1 saturated heterocycles. The molecule has 0 saturated carbocycles. The summed E-state index contributed by atoms with van der Waals surface area (Å²) in [5, 5.41) is 13.9. The minimum absolute atomic E-state index is 0.135. The molecule has 1 heterocycles.